The molecule has 0 aliphatic heterocycles. The van der Waals surface area contributed by atoms with Gasteiger partial charge in [-0.15, -0.1) is 13.2 Å². The summed E-state index contributed by atoms with van der Waals surface area (Å²) in [6.07, 6.45) is -4.85. The molecule has 9 heteroatoms. The molecule has 0 bridgehead atoms. The predicted molar refractivity (Wildman–Crippen MR) is 85.6 cm³/mol. The Bertz CT molecular complexity index is 958. The number of alkyl halides is 3. The Balaban J connectivity index is 2.01. The third-order valence-electron chi connectivity index (χ3n) is 3.69. The van der Waals surface area contributed by atoms with Gasteiger partial charge in [0.05, 0.1) is 10.5 Å². The van der Waals surface area contributed by atoms with Crippen molar-refractivity contribution >= 4 is 16.6 Å². The summed E-state index contributed by atoms with van der Waals surface area (Å²) in [5, 5.41) is 22.5. The Morgan fingerprint density at radius 3 is 2.42 bits per heavy atom. The zero-order chi connectivity index (χ0) is 18.9. The summed E-state index contributed by atoms with van der Waals surface area (Å²) in [6, 6.07) is 10.7. The quantitative estimate of drug-likeness (QED) is 0.556. The molecule has 0 aliphatic carbocycles. The lowest BCUT2D eigenvalue weighted by molar-refractivity contribution is -0.384. The summed E-state index contributed by atoms with van der Waals surface area (Å²) in [6.45, 7) is 0. The SMILES string of the molecule is O=[N+]([O-])c1c(C(O)c2ccc(OC(F)(F)F)cc2)ccc2cccnc12. The Hall–Kier alpha value is -3.20. The minimum atomic E-state index is -4.83. The van der Waals surface area contributed by atoms with E-state index in [0.717, 1.165) is 12.1 Å². The molecule has 0 saturated carbocycles. The molecule has 0 amide bonds. The first kappa shape index (κ1) is 17.6. The van der Waals surface area contributed by atoms with Gasteiger partial charge in [-0.1, -0.05) is 24.3 Å². The van der Waals surface area contributed by atoms with Crippen LogP contribution in [-0.4, -0.2) is 21.4 Å². The summed E-state index contributed by atoms with van der Waals surface area (Å²) in [4.78, 5) is 14.8. The first-order chi connectivity index (χ1) is 12.3. The fourth-order valence-corrected chi connectivity index (χ4v) is 2.59. The van der Waals surface area contributed by atoms with Gasteiger partial charge < -0.3 is 9.84 Å². The van der Waals surface area contributed by atoms with Gasteiger partial charge in [0, 0.05) is 11.6 Å². The fourth-order valence-electron chi connectivity index (χ4n) is 2.59. The van der Waals surface area contributed by atoms with Crippen LogP contribution in [0.25, 0.3) is 10.9 Å². The number of hydrogen-bond acceptors (Lipinski definition) is 5. The third-order valence-corrected chi connectivity index (χ3v) is 3.69. The molecule has 0 aliphatic rings. The molecule has 0 spiro atoms. The number of fused-ring (bicyclic) bond motifs is 1. The second-order valence-corrected chi connectivity index (χ2v) is 5.36. The minimum Gasteiger partial charge on any atom is -0.406 e. The molecular weight excluding hydrogens is 353 g/mol. The number of rotatable bonds is 4. The van der Waals surface area contributed by atoms with E-state index in [9.17, 15) is 28.4 Å². The number of halogens is 3. The van der Waals surface area contributed by atoms with Crippen LogP contribution >= 0.6 is 0 Å². The molecule has 0 fully saturated rings. The van der Waals surface area contributed by atoms with E-state index in [1.54, 1.807) is 18.2 Å². The molecule has 1 N–H and O–H groups in total. The van der Waals surface area contributed by atoms with E-state index < -0.39 is 23.1 Å². The number of aliphatic hydroxyl groups is 1. The van der Waals surface area contributed by atoms with E-state index >= 15 is 0 Å². The van der Waals surface area contributed by atoms with Crippen LogP contribution in [0.2, 0.25) is 0 Å². The van der Waals surface area contributed by atoms with Crippen molar-refractivity contribution in [2.45, 2.75) is 12.5 Å². The van der Waals surface area contributed by atoms with Gasteiger partial charge >= 0.3 is 12.0 Å². The number of nitrogens with zero attached hydrogens (tertiary/aromatic N) is 2. The van der Waals surface area contributed by atoms with Gasteiger partial charge in [0.25, 0.3) is 0 Å². The van der Waals surface area contributed by atoms with Gasteiger partial charge in [-0.3, -0.25) is 10.1 Å². The maximum absolute atomic E-state index is 12.2. The molecule has 26 heavy (non-hydrogen) atoms. The largest absolute Gasteiger partial charge is 0.573 e. The number of pyridine rings is 1. The molecule has 1 unspecified atom stereocenters. The van der Waals surface area contributed by atoms with E-state index in [-0.39, 0.29) is 22.3 Å². The normalized spacial score (nSPS) is 12.8. The van der Waals surface area contributed by atoms with Crippen LogP contribution in [0.1, 0.15) is 17.2 Å². The Morgan fingerprint density at radius 1 is 1.12 bits per heavy atom. The number of aliphatic hydroxyl groups excluding tert-OH is 1. The number of hydrogen-bond donors (Lipinski definition) is 1. The van der Waals surface area contributed by atoms with E-state index in [1.165, 1.54) is 24.4 Å². The summed E-state index contributed by atoms with van der Waals surface area (Å²) < 4.78 is 40.4. The minimum absolute atomic E-state index is 0.00862. The molecule has 0 radical (unpaired) electrons. The molecule has 0 saturated heterocycles. The average molecular weight is 364 g/mol. The van der Waals surface area contributed by atoms with Crippen LogP contribution in [0.3, 0.4) is 0 Å². The second-order valence-electron chi connectivity index (χ2n) is 5.36. The highest BCUT2D eigenvalue weighted by Gasteiger charge is 2.31. The molecule has 1 aromatic heterocycles. The van der Waals surface area contributed by atoms with Crippen LogP contribution in [0, 0.1) is 10.1 Å². The van der Waals surface area contributed by atoms with Gasteiger partial charge in [-0.25, -0.2) is 4.98 Å². The van der Waals surface area contributed by atoms with E-state index in [0.29, 0.717) is 5.39 Å². The molecule has 1 heterocycles. The zero-order valence-corrected chi connectivity index (χ0v) is 13.0. The van der Waals surface area contributed by atoms with Gasteiger partial charge in [-0.2, -0.15) is 0 Å². The van der Waals surface area contributed by atoms with Crippen molar-refractivity contribution in [2.75, 3.05) is 0 Å². The van der Waals surface area contributed by atoms with Crippen molar-refractivity contribution in [3.63, 3.8) is 0 Å². The van der Waals surface area contributed by atoms with Crippen LogP contribution < -0.4 is 4.74 Å². The van der Waals surface area contributed by atoms with Crippen molar-refractivity contribution in [1.29, 1.82) is 0 Å². The maximum Gasteiger partial charge on any atom is 0.573 e. The van der Waals surface area contributed by atoms with E-state index in [4.69, 9.17) is 0 Å². The van der Waals surface area contributed by atoms with Gasteiger partial charge in [-0.05, 0) is 29.8 Å². The second kappa shape index (κ2) is 6.60. The van der Waals surface area contributed by atoms with Gasteiger partial charge in [0.15, 0.2) is 0 Å². The van der Waals surface area contributed by atoms with E-state index in [2.05, 4.69) is 9.72 Å². The Labute approximate surface area is 144 Å². The first-order valence-corrected chi connectivity index (χ1v) is 7.32. The lowest BCUT2D eigenvalue weighted by Gasteiger charge is -2.14. The summed E-state index contributed by atoms with van der Waals surface area (Å²) in [5.41, 5.74) is -0.0686. The van der Waals surface area contributed by atoms with Crippen molar-refractivity contribution in [3.05, 3.63) is 76.0 Å². The molecule has 3 rings (SSSR count). The molecule has 2 aromatic carbocycles. The Kier molecular flexibility index (Phi) is 4.47. The summed E-state index contributed by atoms with van der Waals surface area (Å²) in [5.74, 6) is -0.455. The number of ether oxygens (including phenoxy) is 1. The first-order valence-electron chi connectivity index (χ1n) is 7.32. The maximum atomic E-state index is 12.2. The molecular formula is C17H11F3N2O4. The highest BCUT2D eigenvalue weighted by Crippen LogP contribution is 2.35. The highest BCUT2D eigenvalue weighted by atomic mass is 19.4. The van der Waals surface area contributed by atoms with Crippen molar-refractivity contribution < 1.29 is 27.9 Å². The van der Waals surface area contributed by atoms with Crippen LogP contribution in [0.15, 0.2) is 54.7 Å². The number of nitro groups is 1. The van der Waals surface area contributed by atoms with Crippen LogP contribution in [0.4, 0.5) is 18.9 Å². The smallest absolute Gasteiger partial charge is 0.406 e. The number of nitro benzene ring substituents is 1. The van der Waals surface area contributed by atoms with Crippen LogP contribution in [-0.2, 0) is 0 Å². The third kappa shape index (κ3) is 3.57. The molecule has 6 nitrogen and oxygen atoms in total. The highest BCUT2D eigenvalue weighted by molar-refractivity contribution is 5.88. The number of benzene rings is 2. The van der Waals surface area contributed by atoms with Crippen LogP contribution in [0.5, 0.6) is 5.75 Å². The average Bonchev–Trinajstić information content (AvgIpc) is 2.59. The van der Waals surface area contributed by atoms with E-state index in [1.807, 2.05) is 0 Å². The monoisotopic (exact) mass is 364 g/mol. The predicted octanol–water partition coefficient (Wildman–Crippen LogP) is 4.12. The fraction of sp³-hybridized carbons (Fsp3) is 0.118. The zero-order valence-electron chi connectivity index (χ0n) is 13.0. The van der Waals surface area contributed by atoms with Gasteiger partial charge in [0.2, 0.25) is 0 Å². The van der Waals surface area contributed by atoms with Crippen molar-refractivity contribution in [2.24, 2.45) is 0 Å². The van der Waals surface area contributed by atoms with Gasteiger partial charge in [0.1, 0.15) is 17.4 Å². The topological polar surface area (TPSA) is 85.5 Å². The Morgan fingerprint density at radius 2 is 1.81 bits per heavy atom. The molecule has 1 atom stereocenters. The van der Waals surface area contributed by atoms with Crippen molar-refractivity contribution in [1.82, 2.24) is 4.98 Å². The lowest BCUT2D eigenvalue weighted by Crippen LogP contribution is -2.17. The number of aromatic nitrogens is 1. The van der Waals surface area contributed by atoms with Crippen molar-refractivity contribution in [3.8, 4) is 5.75 Å². The summed E-state index contributed by atoms with van der Waals surface area (Å²) >= 11 is 0. The summed E-state index contributed by atoms with van der Waals surface area (Å²) in [7, 11) is 0. The molecule has 134 valence electrons. The molecule has 3 aromatic rings. The lowest BCUT2D eigenvalue weighted by atomic mass is 9.98. The standard InChI is InChI=1S/C17H11F3N2O4/c18-17(19,20)26-12-6-3-11(4-7-12)16(23)13-8-5-10-2-1-9-21-14(10)15(13)22(24)25/h1-9,16,23H.